The number of carbonyl (C=O) groups excluding carboxylic acids is 1. The minimum atomic E-state index is -0.603. The van der Waals surface area contributed by atoms with Crippen molar-refractivity contribution in [2.45, 2.75) is 40.0 Å². The third-order valence-corrected chi connectivity index (χ3v) is 3.45. The molecule has 3 nitrogen and oxygen atoms in total. The molecule has 19 heavy (non-hydrogen) atoms. The van der Waals surface area contributed by atoms with E-state index in [9.17, 15) is 4.79 Å². The maximum atomic E-state index is 11.9. The summed E-state index contributed by atoms with van der Waals surface area (Å²) in [5, 5.41) is 11.8. The number of anilines is 1. The Hall–Kier alpha value is -1.82. The van der Waals surface area contributed by atoms with E-state index in [0.717, 1.165) is 12.1 Å². The molecule has 1 aromatic rings. The molecule has 0 radical (unpaired) electrons. The molecule has 0 saturated heterocycles. The number of carbonyl (C=O) groups is 1. The molecule has 0 fully saturated rings. The van der Waals surface area contributed by atoms with Gasteiger partial charge in [-0.15, -0.1) is 0 Å². The van der Waals surface area contributed by atoms with Crippen LogP contribution in [0.2, 0.25) is 0 Å². The molecule has 0 bridgehead atoms. The topological polar surface area (TPSA) is 52.9 Å². The molecule has 102 valence electrons. The van der Waals surface area contributed by atoms with Gasteiger partial charge in [0.15, 0.2) is 0 Å². The molecule has 1 aromatic carbocycles. The molecule has 3 heteroatoms. The van der Waals surface area contributed by atoms with Gasteiger partial charge in [-0.05, 0) is 36.0 Å². The molecule has 1 N–H and O–H groups in total. The zero-order valence-corrected chi connectivity index (χ0v) is 12.1. The number of nitrogens with one attached hydrogen (secondary N) is 1. The van der Waals surface area contributed by atoms with Crippen molar-refractivity contribution in [3.63, 3.8) is 0 Å². The number of amides is 1. The molecule has 2 unspecified atom stereocenters. The van der Waals surface area contributed by atoms with E-state index in [2.05, 4.69) is 19.2 Å². The summed E-state index contributed by atoms with van der Waals surface area (Å²) in [7, 11) is 0. The van der Waals surface area contributed by atoms with E-state index in [1.54, 1.807) is 0 Å². The Morgan fingerprint density at radius 3 is 2.26 bits per heavy atom. The summed E-state index contributed by atoms with van der Waals surface area (Å²) in [6, 6.07) is 9.90. The lowest BCUT2D eigenvalue weighted by Gasteiger charge is -2.14. The third kappa shape index (κ3) is 4.10. The second kappa shape index (κ2) is 6.94. The maximum Gasteiger partial charge on any atom is 0.241 e. The minimum absolute atomic E-state index is 0.0180. The quantitative estimate of drug-likeness (QED) is 0.869. The Kier molecular flexibility index (Phi) is 5.57. The molecule has 0 spiro atoms. The Morgan fingerprint density at radius 1 is 1.26 bits per heavy atom. The Morgan fingerprint density at radius 2 is 1.84 bits per heavy atom. The molecular weight excluding hydrogens is 236 g/mol. The molecule has 0 aliphatic rings. The number of hydrogen-bond acceptors (Lipinski definition) is 2. The van der Waals surface area contributed by atoms with Gasteiger partial charge in [0.25, 0.3) is 0 Å². The maximum absolute atomic E-state index is 11.9. The van der Waals surface area contributed by atoms with Crippen LogP contribution in [-0.2, 0) is 4.79 Å². The van der Waals surface area contributed by atoms with Crippen LogP contribution in [0.4, 0.5) is 5.69 Å². The van der Waals surface area contributed by atoms with Gasteiger partial charge in [-0.1, -0.05) is 39.8 Å². The van der Waals surface area contributed by atoms with Crippen LogP contribution in [0, 0.1) is 23.2 Å². The van der Waals surface area contributed by atoms with Crippen molar-refractivity contribution in [1.29, 1.82) is 5.26 Å². The predicted octanol–water partition coefficient (Wildman–Crippen LogP) is 3.93. The van der Waals surface area contributed by atoms with Crippen LogP contribution in [0.15, 0.2) is 24.3 Å². The molecule has 0 heterocycles. The normalized spacial score (nSPS) is 13.7. The number of nitrogens with zero attached hydrogens (tertiary/aromatic N) is 1. The van der Waals surface area contributed by atoms with Crippen molar-refractivity contribution in [2.24, 2.45) is 11.8 Å². The second-order valence-electron chi connectivity index (χ2n) is 5.27. The van der Waals surface area contributed by atoms with Crippen molar-refractivity contribution < 1.29 is 4.79 Å². The zero-order valence-electron chi connectivity index (χ0n) is 12.1. The van der Waals surface area contributed by atoms with Gasteiger partial charge in [0.1, 0.15) is 5.92 Å². The van der Waals surface area contributed by atoms with E-state index < -0.39 is 5.92 Å². The van der Waals surface area contributed by atoms with E-state index in [4.69, 9.17) is 5.26 Å². The summed E-state index contributed by atoms with van der Waals surface area (Å²) >= 11 is 0. The highest BCUT2D eigenvalue weighted by Gasteiger charge is 2.21. The first kappa shape index (κ1) is 15.2. The van der Waals surface area contributed by atoms with Gasteiger partial charge >= 0.3 is 0 Å². The number of hydrogen-bond donors (Lipinski definition) is 1. The monoisotopic (exact) mass is 258 g/mol. The largest absolute Gasteiger partial charge is 0.325 e. The van der Waals surface area contributed by atoms with Gasteiger partial charge in [0, 0.05) is 5.69 Å². The van der Waals surface area contributed by atoms with E-state index in [-0.39, 0.29) is 11.8 Å². The highest BCUT2D eigenvalue weighted by molar-refractivity contribution is 5.94. The molecule has 0 saturated carbocycles. The average Bonchev–Trinajstić information content (AvgIpc) is 2.39. The van der Waals surface area contributed by atoms with Gasteiger partial charge < -0.3 is 5.32 Å². The van der Waals surface area contributed by atoms with Crippen LogP contribution in [0.25, 0.3) is 0 Å². The molecule has 2 atom stereocenters. The Balaban J connectivity index is 2.73. The van der Waals surface area contributed by atoms with Crippen molar-refractivity contribution in [1.82, 2.24) is 0 Å². The van der Waals surface area contributed by atoms with Crippen LogP contribution >= 0.6 is 0 Å². The summed E-state index contributed by atoms with van der Waals surface area (Å²) in [5.41, 5.74) is 2.01. The van der Waals surface area contributed by atoms with Crippen LogP contribution in [0.1, 0.15) is 45.6 Å². The smallest absolute Gasteiger partial charge is 0.241 e. The summed E-state index contributed by atoms with van der Waals surface area (Å²) in [6.45, 7) is 8.08. The van der Waals surface area contributed by atoms with Gasteiger partial charge in [0.05, 0.1) is 6.07 Å². The fourth-order valence-corrected chi connectivity index (χ4v) is 1.86. The first-order valence-electron chi connectivity index (χ1n) is 6.80. The lowest BCUT2D eigenvalue weighted by molar-refractivity contribution is -0.119. The lowest BCUT2D eigenvalue weighted by atomic mass is 9.96. The van der Waals surface area contributed by atoms with Crippen LogP contribution in [0.5, 0.6) is 0 Å². The standard InChI is InChI=1S/C16H22N2O/c1-5-12(4)13-6-8-14(9-7-13)18-16(19)15(10-17)11(2)3/h6-9,11-12,15H,5H2,1-4H3,(H,18,19). The van der Waals surface area contributed by atoms with Gasteiger partial charge in [-0.25, -0.2) is 0 Å². The van der Waals surface area contributed by atoms with Gasteiger partial charge in [0.2, 0.25) is 5.91 Å². The zero-order chi connectivity index (χ0) is 14.4. The number of rotatable bonds is 5. The van der Waals surface area contributed by atoms with Crippen molar-refractivity contribution >= 4 is 11.6 Å². The first-order chi connectivity index (χ1) is 8.99. The fraction of sp³-hybridized carbons (Fsp3) is 0.500. The third-order valence-electron chi connectivity index (χ3n) is 3.45. The summed E-state index contributed by atoms with van der Waals surface area (Å²) in [4.78, 5) is 11.9. The predicted molar refractivity (Wildman–Crippen MR) is 77.7 cm³/mol. The SMILES string of the molecule is CCC(C)c1ccc(NC(=O)C(C#N)C(C)C)cc1. The van der Waals surface area contributed by atoms with E-state index in [1.165, 1.54) is 5.56 Å². The minimum Gasteiger partial charge on any atom is -0.325 e. The van der Waals surface area contributed by atoms with Crippen molar-refractivity contribution in [3.05, 3.63) is 29.8 Å². The van der Waals surface area contributed by atoms with Crippen LogP contribution in [-0.4, -0.2) is 5.91 Å². The highest BCUT2D eigenvalue weighted by Crippen LogP contribution is 2.21. The Bertz CT molecular complexity index is 457. The molecule has 1 rings (SSSR count). The van der Waals surface area contributed by atoms with Gasteiger partial charge in [-0.3, -0.25) is 4.79 Å². The fourth-order valence-electron chi connectivity index (χ4n) is 1.86. The number of benzene rings is 1. The highest BCUT2D eigenvalue weighted by atomic mass is 16.1. The first-order valence-corrected chi connectivity index (χ1v) is 6.80. The van der Waals surface area contributed by atoms with E-state index >= 15 is 0 Å². The van der Waals surface area contributed by atoms with Crippen molar-refractivity contribution in [2.75, 3.05) is 5.32 Å². The summed E-state index contributed by atoms with van der Waals surface area (Å²) < 4.78 is 0. The average molecular weight is 258 g/mol. The van der Waals surface area contributed by atoms with Crippen LogP contribution in [0.3, 0.4) is 0 Å². The van der Waals surface area contributed by atoms with E-state index in [1.807, 2.05) is 44.2 Å². The van der Waals surface area contributed by atoms with Gasteiger partial charge in [-0.2, -0.15) is 5.26 Å². The molecule has 0 aliphatic heterocycles. The van der Waals surface area contributed by atoms with Crippen molar-refractivity contribution in [3.8, 4) is 6.07 Å². The molecular formula is C16H22N2O. The second-order valence-corrected chi connectivity index (χ2v) is 5.27. The summed E-state index contributed by atoms with van der Waals surface area (Å²) in [6.07, 6.45) is 1.09. The van der Waals surface area contributed by atoms with Crippen LogP contribution < -0.4 is 5.32 Å². The Labute approximate surface area is 115 Å². The summed E-state index contributed by atoms with van der Waals surface area (Å²) in [5.74, 6) is -0.292. The number of nitriles is 1. The lowest BCUT2D eigenvalue weighted by Crippen LogP contribution is -2.25. The molecule has 1 amide bonds. The molecule has 0 aliphatic carbocycles. The van der Waals surface area contributed by atoms with E-state index in [0.29, 0.717) is 5.92 Å². The molecule has 0 aromatic heterocycles.